The smallest absolute Gasteiger partial charge is 0.242 e. The Kier molecular flexibility index (Phi) is 6.48. The number of amides is 3. The monoisotopic (exact) mass is 439 g/mol. The second-order valence-corrected chi connectivity index (χ2v) is 8.57. The van der Waals surface area contributed by atoms with Gasteiger partial charge in [-0.2, -0.15) is 0 Å². The Morgan fingerprint density at radius 3 is 2.78 bits per heavy atom. The minimum Gasteiger partial charge on any atom is -0.497 e. The van der Waals surface area contributed by atoms with E-state index in [9.17, 15) is 14.4 Å². The predicted octanol–water partition coefficient (Wildman–Crippen LogP) is 2.13. The van der Waals surface area contributed by atoms with Crippen LogP contribution in [0.2, 0.25) is 0 Å². The highest BCUT2D eigenvalue weighted by atomic mass is 16.5. The summed E-state index contributed by atoms with van der Waals surface area (Å²) in [6, 6.07) is 11.4. The Balaban J connectivity index is 1.31. The zero-order chi connectivity index (χ0) is 22.6. The van der Waals surface area contributed by atoms with Gasteiger partial charge in [0.25, 0.3) is 0 Å². The van der Waals surface area contributed by atoms with Gasteiger partial charge in [0.2, 0.25) is 17.7 Å². The van der Waals surface area contributed by atoms with E-state index >= 15 is 0 Å². The summed E-state index contributed by atoms with van der Waals surface area (Å²) in [6.07, 6.45) is 4.11. The van der Waals surface area contributed by atoms with Crippen molar-refractivity contribution in [2.24, 2.45) is 0 Å². The Morgan fingerprint density at radius 1 is 1.22 bits per heavy atom. The lowest BCUT2D eigenvalue weighted by Gasteiger charge is -2.35. The van der Waals surface area contributed by atoms with Crippen LogP contribution in [0.3, 0.4) is 0 Å². The van der Waals surface area contributed by atoms with Gasteiger partial charge in [-0.25, -0.2) is 0 Å². The first kappa shape index (κ1) is 21.9. The summed E-state index contributed by atoms with van der Waals surface area (Å²) in [5.41, 5.74) is 0.525. The molecule has 0 radical (unpaired) electrons. The summed E-state index contributed by atoms with van der Waals surface area (Å²) in [7, 11) is 1.62. The van der Waals surface area contributed by atoms with E-state index in [1.165, 1.54) is 0 Å². The van der Waals surface area contributed by atoms with E-state index in [-0.39, 0.29) is 30.7 Å². The molecule has 8 heteroatoms. The van der Waals surface area contributed by atoms with Crippen LogP contribution in [0.4, 0.5) is 0 Å². The van der Waals surface area contributed by atoms with Gasteiger partial charge in [-0.3, -0.25) is 14.4 Å². The first-order chi connectivity index (χ1) is 15.5. The maximum atomic E-state index is 12.9. The van der Waals surface area contributed by atoms with Gasteiger partial charge in [0, 0.05) is 44.4 Å². The fourth-order valence-electron chi connectivity index (χ4n) is 4.51. The molecule has 8 nitrogen and oxygen atoms in total. The summed E-state index contributed by atoms with van der Waals surface area (Å²) in [5, 5.41) is 3.06. The third-order valence-corrected chi connectivity index (χ3v) is 6.32. The average Bonchev–Trinajstić information content (AvgIpc) is 3.43. The predicted molar refractivity (Wildman–Crippen MR) is 117 cm³/mol. The molecule has 3 amide bonds. The number of hydrogen-bond donors (Lipinski definition) is 1. The summed E-state index contributed by atoms with van der Waals surface area (Å²) < 4.78 is 10.7. The van der Waals surface area contributed by atoms with Gasteiger partial charge < -0.3 is 24.3 Å². The Bertz CT molecular complexity index is 974. The van der Waals surface area contributed by atoms with Crippen LogP contribution in [0.1, 0.15) is 37.0 Å². The van der Waals surface area contributed by atoms with Crippen LogP contribution in [0.15, 0.2) is 47.1 Å². The maximum Gasteiger partial charge on any atom is 0.242 e. The molecule has 1 atom stereocenters. The van der Waals surface area contributed by atoms with Crippen LogP contribution in [0.5, 0.6) is 5.75 Å². The number of piperazine rings is 1. The fraction of sp³-hybridized carbons (Fsp3) is 0.458. The van der Waals surface area contributed by atoms with E-state index in [4.69, 9.17) is 9.15 Å². The minimum absolute atomic E-state index is 0.00494. The molecule has 2 fully saturated rings. The molecule has 1 aromatic heterocycles. The molecule has 2 aromatic rings. The first-order valence-corrected chi connectivity index (χ1v) is 11.0. The fourth-order valence-corrected chi connectivity index (χ4v) is 4.51. The lowest BCUT2D eigenvalue weighted by molar-refractivity contribution is -0.145. The van der Waals surface area contributed by atoms with Gasteiger partial charge in [0.15, 0.2) is 0 Å². The zero-order valence-corrected chi connectivity index (χ0v) is 18.3. The number of carbonyl (C=O) groups excluding carboxylic acids is 3. The number of nitrogens with zero attached hydrogens (tertiary/aromatic N) is 2. The molecule has 170 valence electrons. The summed E-state index contributed by atoms with van der Waals surface area (Å²) >= 11 is 0. The maximum absolute atomic E-state index is 12.9. The molecule has 2 saturated heterocycles. The molecular weight excluding hydrogens is 410 g/mol. The highest BCUT2D eigenvalue weighted by molar-refractivity contribution is 5.86. The van der Waals surface area contributed by atoms with Crippen molar-refractivity contribution >= 4 is 17.7 Å². The number of ether oxygens (including phenoxy) is 1. The molecule has 2 aliphatic heterocycles. The number of benzene rings is 1. The molecule has 1 aromatic carbocycles. The first-order valence-electron chi connectivity index (χ1n) is 11.0. The van der Waals surface area contributed by atoms with Crippen LogP contribution >= 0.6 is 0 Å². The second-order valence-electron chi connectivity index (χ2n) is 8.57. The van der Waals surface area contributed by atoms with E-state index in [0.717, 1.165) is 17.1 Å². The van der Waals surface area contributed by atoms with Crippen molar-refractivity contribution in [1.82, 2.24) is 15.1 Å². The molecule has 0 aliphatic carbocycles. The van der Waals surface area contributed by atoms with Crippen LogP contribution in [0, 0.1) is 0 Å². The van der Waals surface area contributed by atoms with Crippen LogP contribution in [-0.2, 0) is 27.3 Å². The normalized spacial score (nSPS) is 21.0. The summed E-state index contributed by atoms with van der Waals surface area (Å²) in [4.78, 5) is 40.9. The molecule has 32 heavy (non-hydrogen) atoms. The average molecular weight is 440 g/mol. The standard InChI is InChI=1S/C24H29N3O5/c1-31-19-5-2-4-18(14-19)16-26-11-12-27(17-23(26)30)22(29)8-10-24(9-7-21(28)25-24)15-20-6-3-13-32-20/h2-6,13-14H,7-12,15-17H2,1H3,(H,25,28). The molecule has 1 unspecified atom stereocenters. The number of methoxy groups -OCH3 is 1. The van der Waals surface area contributed by atoms with Crippen LogP contribution < -0.4 is 10.1 Å². The van der Waals surface area contributed by atoms with Gasteiger partial charge in [-0.05, 0) is 42.7 Å². The largest absolute Gasteiger partial charge is 0.497 e. The van der Waals surface area contributed by atoms with Crippen molar-refractivity contribution < 1.29 is 23.5 Å². The van der Waals surface area contributed by atoms with E-state index < -0.39 is 5.54 Å². The molecule has 1 N–H and O–H groups in total. The zero-order valence-electron chi connectivity index (χ0n) is 18.3. The number of rotatable bonds is 8. The van der Waals surface area contributed by atoms with Crippen LogP contribution in [0.25, 0.3) is 0 Å². The molecule has 2 aliphatic rings. The molecule has 4 rings (SSSR count). The molecule has 0 spiro atoms. The molecule has 0 bridgehead atoms. The number of furan rings is 1. The van der Waals surface area contributed by atoms with Crippen molar-refractivity contribution in [3.8, 4) is 5.75 Å². The van der Waals surface area contributed by atoms with Crippen molar-refractivity contribution in [3.05, 3.63) is 54.0 Å². The number of carbonyl (C=O) groups is 3. The summed E-state index contributed by atoms with van der Waals surface area (Å²) in [5.74, 6) is 1.43. The third-order valence-electron chi connectivity index (χ3n) is 6.32. The Morgan fingerprint density at radius 2 is 2.09 bits per heavy atom. The highest BCUT2D eigenvalue weighted by Gasteiger charge is 2.39. The van der Waals surface area contributed by atoms with Gasteiger partial charge in [-0.15, -0.1) is 0 Å². The topological polar surface area (TPSA) is 92.1 Å². The van der Waals surface area contributed by atoms with Gasteiger partial charge >= 0.3 is 0 Å². The van der Waals surface area contributed by atoms with Crippen molar-refractivity contribution in [3.63, 3.8) is 0 Å². The Hall–Kier alpha value is -3.29. The van der Waals surface area contributed by atoms with Crippen molar-refractivity contribution in [2.45, 2.75) is 44.2 Å². The summed E-state index contributed by atoms with van der Waals surface area (Å²) in [6.45, 7) is 1.58. The van der Waals surface area contributed by atoms with E-state index in [1.807, 2.05) is 36.4 Å². The van der Waals surface area contributed by atoms with Gasteiger partial charge in [0.05, 0.1) is 19.9 Å². The highest BCUT2D eigenvalue weighted by Crippen LogP contribution is 2.30. The number of hydrogen-bond acceptors (Lipinski definition) is 5. The number of nitrogens with one attached hydrogen (secondary N) is 1. The van der Waals surface area contributed by atoms with Crippen molar-refractivity contribution in [2.75, 3.05) is 26.7 Å². The minimum atomic E-state index is -0.469. The van der Waals surface area contributed by atoms with Crippen LogP contribution in [-0.4, -0.2) is 59.8 Å². The lowest BCUT2D eigenvalue weighted by Crippen LogP contribution is -2.52. The van der Waals surface area contributed by atoms with E-state index in [1.54, 1.807) is 23.2 Å². The van der Waals surface area contributed by atoms with Gasteiger partial charge in [0.1, 0.15) is 11.5 Å². The van der Waals surface area contributed by atoms with Crippen molar-refractivity contribution in [1.29, 1.82) is 0 Å². The Labute approximate surface area is 187 Å². The van der Waals surface area contributed by atoms with E-state index in [2.05, 4.69) is 5.32 Å². The third kappa shape index (κ3) is 5.12. The molecular formula is C24H29N3O5. The quantitative estimate of drug-likeness (QED) is 0.680. The molecule has 0 saturated carbocycles. The second kappa shape index (κ2) is 9.46. The lowest BCUT2D eigenvalue weighted by atomic mass is 9.87. The SMILES string of the molecule is COc1cccc(CN2CCN(C(=O)CCC3(Cc4ccco4)CCC(=O)N3)CC2=O)c1. The van der Waals surface area contributed by atoms with Gasteiger partial charge in [-0.1, -0.05) is 12.1 Å². The molecule has 3 heterocycles. The van der Waals surface area contributed by atoms with E-state index in [0.29, 0.717) is 45.3 Å².